The van der Waals surface area contributed by atoms with Crippen molar-refractivity contribution in [3.63, 3.8) is 0 Å². The molecule has 2 N–H and O–H groups in total. The molecule has 0 fully saturated rings. The fourth-order valence-corrected chi connectivity index (χ4v) is 3.42. The van der Waals surface area contributed by atoms with Gasteiger partial charge in [-0.2, -0.15) is 8.42 Å². The first-order valence-corrected chi connectivity index (χ1v) is 6.77. The van der Waals surface area contributed by atoms with E-state index in [1.165, 1.54) is 11.3 Å². The summed E-state index contributed by atoms with van der Waals surface area (Å²) >= 11 is 1.35. The van der Waals surface area contributed by atoms with Gasteiger partial charge in [-0.1, -0.05) is 0 Å². The summed E-state index contributed by atoms with van der Waals surface area (Å²) in [5.41, 5.74) is 0. The number of nitrogens with one attached hydrogen (secondary N) is 2. The van der Waals surface area contributed by atoms with Crippen LogP contribution in [0.3, 0.4) is 0 Å². The number of rotatable bonds is 1. The quantitative estimate of drug-likeness (QED) is 0.780. The molecule has 82 valence electrons. The Morgan fingerprint density at radius 1 is 1.53 bits per heavy atom. The first-order chi connectivity index (χ1) is 6.99. The first kappa shape index (κ1) is 10.4. The van der Waals surface area contributed by atoms with Crippen LogP contribution in [-0.4, -0.2) is 20.4 Å². The molecule has 1 aromatic heterocycles. The van der Waals surface area contributed by atoms with Gasteiger partial charge < -0.3 is 10.6 Å². The molecule has 0 aliphatic carbocycles. The lowest BCUT2D eigenvalue weighted by Crippen LogP contribution is -2.38. The number of fused-ring (bicyclic) bond motifs is 1. The van der Waals surface area contributed by atoms with Crippen molar-refractivity contribution in [2.75, 3.05) is 5.32 Å². The van der Waals surface area contributed by atoms with E-state index >= 15 is 0 Å². The van der Waals surface area contributed by atoms with Gasteiger partial charge in [0.25, 0.3) is 10.0 Å². The molecular weight excluding hydrogens is 234 g/mol. The Balaban J connectivity index is 2.39. The topological polar surface area (TPSA) is 70.6 Å². The summed E-state index contributed by atoms with van der Waals surface area (Å²) < 4.78 is 27.0. The minimum Gasteiger partial charge on any atom is -0.353 e. The molecule has 0 unspecified atom stereocenters. The van der Waals surface area contributed by atoms with Gasteiger partial charge in [-0.05, 0) is 25.3 Å². The molecule has 0 bridgehead atoms. The number of nitrogens with zero attached hydrogens (tertiary/aromatic N) is 1. The maximum absolute atomic E-state index is 11.7. The molecule has 7 heteroatoms. The van der Waals surface area contributed by atoms with Gasteiger partial charge in [0, 0.05) is 6.04 Å². The van der Waals surface area contributed by atoms with Crippen LogP contribution in [0.5, 0.6) is 0 Å². The van der Waals surface area contributed by atoms with Crippen LogP contribution in [0.1, 0.15) is 13.8 Å². The molecule has 2 rings (SSSR count). The van der Waals surface area contributed by atoms with Gasteiger partial charge in [0.15, 0.2) is 0 Å². The lowest BCUT2D eigenvalue weighted by molar-refractivity contribution is 0.597. The van der Waals surface area contributed by atoms with Crippen LogP contribution in [0.2, 0.25) is 0 Å². The fraction of sp³-hybridized carbons (Fsp3) is 0.375. The molecule has 2 heterocycles. The Bertz CT molecular complexity index is 502. The van der Waals surface area contributed by atoms with Crippen molar-refractivity contribution in [2.45, 2.75) is 24.8 Å². The summed E-state index contributed by atoms with van der Waals surface area (Å²) in [6.45, 7) is 3.83. The number of anilines is 1. The van der Waals surface area contributed by atoms with Crippen LogP contribution < -0.4 is 10.6 Å². The molecule has 1 aliphatic rings. The molecule has 5 nitrogen and oxygen atoms in total. The molecule has 1 aliphatic heterocycles. The zero-order valence-electron chi connectivity index (χ0n) is 8.31. The van der Waals surface area contributed by atoms with E-state index in [0.29, 0.717) is 11.0 Å². The van der Waals surface area contributed by atoms with Crippen LogP contribution in [0.4, 0.5) is 5.00 Å². The van der Waals surface area contributed by atoms with Gasteiger partial charge in [0.2, 0.25) is 5.96 Å². The van der Waals surface area contributed by atoms with Gasteiger partial charge in [-0.3, -0.25) is 0 Å². The summed E-state index contributed by atoms with van der Waals surface area (Å²) in [6, 6.07) is 1.69. The maximum atomic E-state index is 11.7. The molecule has 0 amide bonds. The van der Waals surface area contributed by atoms with Gasteiger partial charge in [-0.15, -0.1) is 15.7 Å². The molecule has 15 heavy (non-hydrogen) atoms. The normalized spacial score (nSPS) is 17.9. The first-order valence-electron chi connectivity index (χ1n) is 4.45. The standard InChI is InChI=1S/C8H11N3O2S2/c1-5(2)9-8-10-7-6(3-4-14-7)15(12,13)11-8/h3-5H,1-2H3,(H2,9,10,11). The second-order valence-corrected chi connectivity index (χ2v) is 5.94. The van der Waals surface area contributed by atoms with E-state index in [4.69, 9.17) is 0 Å². The number of hydrogen-bond donors (Lipinski definition) is 2. The van der Waals surface area contributed by atoms with Crippen molar-refractivity contribution in [1.29, 1.82) is 0 Å². The average molecular weight is 245 g/mol. The molecule has 1 aromatic rings. The zero-order valence-corrected chi connectivity index (χ0v) is 9.95. The van der Waals surface area contributed by atoms with Crippen molar-refractivity contribution < 1.29 is 8.42 Å². The van der Waals surface area contributed by atoms with Crippen molar-refractivity contribution in [3.05, 3.63) is 11.4 Å². The van der Waals surface area contributed by atoms with E-state index in [-0.39, 0.29) is 10.9 Å². The third kappa shape index (κ3) is 1.98. The second kappa shape index (κ2) is 3.49. The third-order valence-corrected chi connectivity index (χ3v) is 4.05. The lowest BCUT2D eigenvalue weighted by atomic mass is 10.4. The zero-order chi connectivity index (χ0) is 11.1. The summed E-state index contributed by atoms with van der Waals surface area (Å²) in [4.78, 5) is 0.252. The molecule has 0 atom stereocenters. The summed E-state index contributed by atoms with van der Waals surface area (Å²) in [7, 11) is -3.52. The van der Waals surface area contributed by atoms with Crippen LogP contribution in [-0.2, 0) is 10.0 Å². The Morgan fingerprint density at radius 3 is 2.93 bits per heavy atom. The van der Waals surface area contributed by atoms with E-state index in [9.17, 15) is 8.42 Å². The number of sulfonamides is 1. The molecule has 0 saturated heterocycles. The van der Waals surface area contributed by atoms with E-state index in [0.717, 1.165) is 0 Å². The number of hydrogen-bond acceptors (Lipinski definition) is 5. The second-order valence-electron chi connectivity index (χ2n) is 3.45. The van der Waals surface area contributed by atoms with E-state index < -0.39 is 10.0 Å². The van der Waals surface area contributed by atoms with Crippen molar-refractivity contribution in [1.82, 2.24) is 5.32 Å². The molecule has 0 saturated carbocycles. The predicted octanol–water partition coefficient (Wildman–Crippen LogP) is 1.22. The highest BCUT2D eigenvalue weighted by Crippen LogP contribution is 2.31. The lowest BCUT2D eigenvalue weighted by Gasteiger charge is -2.17. The fourth-order valence-electron chi connectivity index (χ4n) is 1.23. The minimum absolute atomic E-state index is 0.132. The average Bonchev–Trinajstić information content (AvgIpc) is 2.49. The van der Waals surface area contributed by atoms with Gasteiger partial charge >= 0.3 is 0 Å². The van der Waals surface area contributed by atoms with E-state index in [1.54, 1.807) is 11.4 Å². The van der Waals surface area contributed by atoms with Gasteiger partial charge in [0.1, 0.15) is 9.90 Å². The summed E-state index contributed by atoms with van der Waals surface area (Å²) in [6.07, 6.45) is 0. The number of guanidine groups is 1. The van der Waals surface area contributed by atoms with E-state index in [2.05, 4.69) is 15.0 Å². The summed E-state index contributed by atoms with van der Waals surface area (Å²) in [5.74, 6) is 0.292. The van der Waals surface area contributed by atoms with Gasteiger partial charge in [0.05, 0.1) is 0 Å². The van der Waals surface area contributed by atoms with Gasteiger partial charge in [-0.25, -0.2) is 0 Å². The van der Waals surface area contributed by atoms with Crippen molar-refractivity contribution in [3.8, 4) is 0 Å². The molecular formula is C8H11N3O2S2. The highest BCUT2D eigenvalue weighted by Gasteiger charge is 2.25. The van der Waals surface area contributed by atoms with Crippen LogP contribution >= 0.6 is 11.3 Å². The minimum atomic E-state index is -3.52. The van der Waals surface area contributed by atoms with Crippen LogP contribution in [0, 0.1) is 0 Å². The third-order valence-electron chi connectivity index (χ3n) is 1.78. The molecule has 0 radical (unpaired) electrons. The predicted molar refractivity (Wildman–Crippen MR) is 60.8 cm³/mol. The Morgan fingerprint density at radius 2 is 2.27 bits per heavy atom. The largest absolute Gasteiger partial charge is 0.353 e. The Kier molecular flexibility index (Phi) is 2.43. The van der Waals surface area contributed by atoms with Crippen LogP contribution in [0.25, 0.3) is 0 Å². The SMILES string of the molecule is CC(C)NC1=NS(=O)(=O)c2ccsc2N1. The highest BCUT2D eigenvalue weighted by atomic mass is 32.2. The van der Waals surface area contributed by atoms with Crippen molar-refractivity contribution in [2.24, 2.45) is 4.40 Å². The number of thiophene rings is 1. The molecule has 0 spiro atoms. The van der Waals surface area contributed by atoms with Crippen molar-refractivity contribution >= 4 is 32.3 Å². The highest BCUT2D eigenvalue weighted by molar-refractivity contribution is 7.90. The Labute approximate surface area is 92.3 Å². The summed E-state index contributed by atoms with van der Waals surface area (Å²) in [5, 5.41) is 8.22. The monoisotopic (exact) mass is 245 g/mol. The maximum Gasteiger partial charge on any atom is 0.288 e. The van der Waals surface area contributed by atoms with Crippen LogP contribution in [0.15, 0.2) is 20.7 Å². The molecule has 0 aromatic carbocycles. The Hall–Kier alpha value is -1.08. The smallest absolute Gasteiger partial charge is 0.288 e. The van der Waals surface area contributed by atoms with E-state index in [1.807, 2.05) is 13.8 Å².